The Morgan fingerprint density at radius 1 is 1.38 bits per heavy atom. The first kappa shape index (κ1) is 16.4. The predicted molar refractivity (Wildman–Crippen MR) is 82.5 cm³/mol. The average Bonchev–Trinajstić information content (AvgIpc) is 2.47. The van der Waals surface area contributed by atoms with E-state index in [2.05, 4.69) is 5.32 Å². The molecule has 0 bridgehead atoms. The van der Waals surface area contributed by atoms with Gasteiger partial charge in [0.2, 0.25) is 10.0 Å². The van der Waals surface area contributed by atoms with Gasteiger partial charge in [-0.15, -0.1) is 0 Å². The Morgan fingerprint density at radius 2 is 2.05 bits per heavy atom. The van der Waals surface area contributed by atoms with Crippen molar-refractivity contribution in [2.45, 2.75) is 43.7 Å². The highest BCUT2D eigenvalue weighted by atomic mass is 32.2. The third kappa shape index (κ3) is 3.83. The lowest BCUT2D eigenvalue weighted by Gasteiger charge is -2.29. The Kier molecular flexibility index (Phi) is 5.37. The lowest BCUT2D eigenvalue weighted by atomic mass is 10.1. The number of nitrogens with zero attached hydrogens (tertiary/aromatic N) is 1. The molecule has 2 rings (SSSR count). The molecule has 5 nitrogen and oxygen atoms in total. The van der Waals surface area contributed by atoms with Crippen LogP contribution >= 0.6 is 0 Å². The number of aliphatic hydroxyl groups excluding tert-OH is 1. The molecule has 0 aromatic heterocycles. The summed E-state index contributed by atoms with van der Waals surface area (Å²) in [5, 5.41) is 12.9. The van der Waals surface area contributed by atoms with Gasteiger partial charge in [-0.25, -0.2) is 8.42 Å². The first-order valence-electron chi connectivity index (χ1n) is 7.46. The van der Waals surface area contributed by atoms with Crippen molar-refractivity contribution in [3.63, 3.8) is 0 Å². The highest BCUT2D eigenvalue weighted by molar-refractivity contribution is 7.89. The molecule has 1 fully saturated rings. The third-order valence-electron chi connectivity index (χ3n) is 3.89. The summed E-state index contributed by atoms with van der Waals surface area (Å²) in [6.07, 6.45) is 0.822. The molecule has 0 spiro atoms. The predicted octanol–water partition coefficient (Wildman–Crippen LogP) is 1.50. The molecular formula is C15H24N2O3S. The van der Waals surface area contributed by atoms with E-state index < -0.39 is 16.1 Å². The molecule has 0 amide bonds. The zero-order chi connectivity index (χ0) is 15.5. The van der Waals surface area contributed by atoms with Crippen LogP contribution in [0.1, 0.15) is 38.3 Å². The molecule has 0 saturated carbocycles. The van der Waals surface area contributed by atoms with E-state index in [4.69, 9.17) is 0 Å². The van der Waals surface area contributed by atoms with E-state index in [1.54, 1.807) is 12.1 Å². The summed E-state index contributed by atoms with van der Waals surface area (Å²) in [4.78, 5) is 0.295. The second-order valence-electron chi connectivity index (χ2n) is 5.51. The first-order valence-corrected chi connectivity index (χ1v) is 8.90. The summed E-state index contributed by atoms with van der Waals surface area (Å²) in [5.41, 5.74) is 1.06. The fourth-order valence-electron chi connectivity index (χ4n) is 2.64. The topological polar surface area (TPSA) is 69.6 Å². The maximum absolute atomic E-state index is 12.5. The van der Waals surface area contributed by atoms with Gasteiger partial charge in [0.05, 0.1) is 11.0 Å². The summed E-state index contributed by atoms with van der Waals surface area (Å²) in [6, 6.07) is 7.20. The largest absolute Gasteiger partial charge is 0.392 e. The molecule has 1 aromatic carbocycles. The number of piperidine rings is 1. The van der Waals surface area contributed by atoms with Gasteiger partial charge in [0.1, 0.15) is 0 Å². The molecule has 1 aliphatic heterocycles. The number of sulfonamides is 1. The normalized spacial score (nSPS) is 22.1. The molecule has 2 atom stereocenters. The molecular weight excluding hydrogens is 288 g/mol. The van der Waals surface area contributed by atoms with Gasteiger partial charge in [-0.2, -0.15) is 4.31 Å². The number of rotatable bonds is 5. The Balaban J connectivity index is 2.17. The summed E-state index contributed by atoms with van der Waals surface area (Å²) in [5.74, 6) is 0. The van der Waals surface area contributed by atoms with Gasteiger partial charge in [-0.1, -0.05) is 19.1 Å². The lowest BCUT2D eigenvalue weighted by molar-refractivity contribution is 0.108. The number of β-amino-alcohol motifs (C(OH)–C–C–N with tert-alkyl or cyclic N) is 1. The van der Waals surface area contributed by atoms with Crippen molar-refractivity contribution in [1.82, 2.24) is 9.62 Å². The van der Waals surface area contributed by atoms with Crippen LogP contribution in [0.25, 0.3) is 0 Å². The van der Waals surface area contributed by atoms with Crippen molar-refractivity contribution in [3.05, 3.63) is 29.8 Å². The van der Waals surface area contributed by atoms with Gasteiger partial charge in [0.25, 0.3) is 0 Å². The second-order valence-corrected chi connectivity index (χ2v) is 7.45. The Morgan fingerprint density at radius 3 is 2.62 bits per heavy atom. The van der Waals surface area contributed by atoms with E-state index in [1.165, 1.54) is 4.31 Å². The smallest absolute Gasteiger partial charge is 0.243 e. The van der Waals surface area contributed by atoms with Gasteiger partial charge in [-0.3, -0.25) is 0 Å². The molecule has 118 valence electrons. The third-order valence-corrected chi connectivity index (χ3v) is 5.77. The van der Waals surface area contributed by atoms with Crippen LogP contribution in [-0.4, -0.2) is 43.6 Å². The standard InChI is InChI=1S/C15H24N2O3S/c1-3-16-12(2)13-6-8-15(9-7-13)21(19,20)17-10-4-5-14(18)11-17/h6-9,12,14,16,18H,3-5,10-11H2,1-2H3. The van der Waals surface area contributed by atoms with Crippen LogP contribution in [0.3, 0.4) is 0 Å². The maximum Gasteiger partial charge on any atom is 0.243 e. The van der Waals surface area contributed by atoms with Crippen LogP contribution < -0.4 is 5.32 Å². The quantitative estimate of drug-likeness (QED) is 0.864. The van der Waals surface area contributed by atoms with Gasteiger partial charge >= 0.3 is 0 Å². The van der Waals surface area contributed by atoms with Crippen LogP contribution in [0, 0.1) is 0 Å². The maximum atomic E-state index is 12.5. The van der Waals surface area contributed by atoms with Gasteiger partial charge < -0.3 is 10.4 Å². The van der Waals surface area contributed by atoms with Crippen LogP contribution in [0.4, 0.5) is 0 Å². The molecule has 2 unspecified atom stereocenters. The highest BCUT2D eigenvalue weighted by Gasteiger charge is 2.29. The molecule has 1 aliphatic rings. The van der Waals surface area contributed by atoms with Crippen molar-refractivity contribution in [2.75, 3.05) is 19.6 Å². The number of hydrogen-bond acceptors (Lipinski definition) is 4. The molecule has 0 aliphatic carbocycles. The zero-order valence-electron chi connectivity index (χ0n) is 12.6. The fourth-order valence-corrected chi connectivity index (χ4v) is 4.16. The Labute approximate surface area is 127 Å². The molecule has 21 heavy (non-hydrogen) atoms. The number of benzene rings is 1. The summed E-state index contributed by atoms with van der Waals surface area (Å²) in [7, 11) is -3.50. The summed E-state index contributed by atoms with van der Waals surface area (Å²) in [6.45, 7) is 5.63. The second kappa shape index (κ2) is 6.87. The lowest BCUT2D eigenvalue weighted by Crippen LogP contribution is -2.42. The molecule has 1 saturated heterocycles. The minimum Gasteiger partial charge on any atom is -0.392 e. The summed E-state index contributed by atoms with van der Waals surface area (Å²) >= 11 is 0. The zero-order valence-corrected chi connectivity index (χ0v) is 13.4. The Bertz CT molecular complexity index is 557. The van der Waals surface area contributed by atoms with Crippen LogP contribution in [0.5, 0.6) is 0 Å². The van der Waals surface area contributed by atoms with Crippen LogP contribution in [0.15, 0.2) is 29.2 Å². The monoisotopic (exact) mass is 312 g/mol. The van der Waals surface area contributed by atoms with E-state index in [0.717, 1.165) is 12.1 Å². The fraction of sp³-hybridized carbons (Fsp3) is 0.600. The van der Waals surface area contributed by atoms with E-state index in [1.807, 2.05) is 26.0 Å². The first-order chi connectivity index (χ1) is 9.95. The minimum absolute atomic E-state index is 0.192. The molecule has 2 N–H and O–H groups in total. The van der Waals surface area contributed by atoms with E-state index >= 15 is 0 Å². The van der Waals surface area contributed by atoms with Crippen LogP contribution in [-0.2, 0) is 10.0 Å². The van der Waals surface area contributed by atoms with E-state index in [0.29, 0.717) is 24.3 Å². The average molecular weight is 312 g/mol. The van der Waals surface area contributed by atoms with Crippen molar-refractivity contribution in [3.8, 4) is 0 Å². The number of hydrogen-bond donors (Lipinski definition) is 2. The van der Waals surface area contributed by atoms with Crippen molar-refractivity contribution in [2.24, 2.45) is 0 Å². The highest BCUT2D eigenvalue weighted by Crippen LogP contribution is 2.22. The molecule has 1 aromatic rings. The van der Waals surface area contributed by atoms with Gasteiger partial charge in [0.15, 0.2) is 0 Å². The van der Waals surface area contributed by atoms with Crippen molar-refractivity contribution in [1.29, 1.82) is 0 Å². The molecule has 1 heterocycles. The Hall–Kier alpha value is -0.950. The van der Waals surface area contributed by atoms with Gasteiger partial charge in [-0.05, 0) is 44.0 Å². The van der Waals surface area contributed by atoms with Crippen molar-refractivity contribution < 1.29 is 13.5 Å². The van der Waals surface area contributed by atoms with E-state index in [9.17, 15) is 13.5 Å². The van der Waals surface area contributed by atoms with E-state index in [-0.39, 0.29) is 12.6 Å². The molecule has 6 heteroatoms. The number of aliphatic hydroxyl groups is 1. The SMILES string of the molecule is CCNC(C)c1ccc(S(=O)(=O)N2CCCC(O)C2)cc1. The number of nitrogens with one attached hydrogen (secondary N) is 1. The molecule has 0 radical (unpaired) electrons. The minimum atomic E-state index is -3.50. The van der Waals surface area contributed by atoms with Crippen LogP contribution in [0.2, 0.25) is 0 Å². The van der Waals surface area contributed by atoms with Gasteiger partial charge in [0, 0.05) is 19.1 Å². The summed E-state index contributed by atoms with van der Waals surface area (Å²) < 4.78 is 26.5. The van der Waals surface area contributed by atoms with Crippen molar-refractivity contribution >= 4 is 10.0 Å².